The summed E-state index contributed by atoms with van der Waals surface area (Å²) in [4.78, 5) is 0. The van der Waals surface area contributed by atoms with Crippen molar-refractivity contribution in [3.8, 4) is 5.75 Å². The summed E-state index contributed by atoms with van der Waals surface area (Å²) in [6.45, 7) is 1.16. The van der Waals surface area contributed by atoms with Crippen molar-refractivity contribution in [1.82, 2.24) is 0 Å². The molecule has 0 aliphatic carbocycles. The summed E-state index contributed by atoms with van der Waals surface area (Å²) >= 11 is 5.88. The average molecular weight is 306 g/mol. The van der Waals surface area contributed by atoms with Gasteiger partial charge in [-0.2, -0.15) is 0 Å². The van der Waals surface area contributed by atoms with Crippen LogP contribution in [0.3, 0.4) is 0 Å². The average Bonchev–Trinajstić information content (AvgIpc) is 2.34. The van der Waals surface area contributed by atoms with Gasteiger partial charge >= 0.3 is 0 Å². The lowest BCUT2D eigenvalue weighted by molar-refractivity contribution is 0.0626. The van der Waals surface area contributed by atoms with E-state index in [-0.39, 0.29) is 28.1 Å². The Bertz CT molecular complexity index is 541. The first-order valence-electron chi connectivity index (χ1n) is 6.03. The quantitative estimate of drug-likeness (QED) is 0.894. The highest BCUT2D eigenvalue weighted by molar-refractivity contribution is 7.92. The molecule has 0 radical (unpaired) electrons. The van der Waals surface area contributed by atoms with Crippen LogP contribution in [0.5, 0.6) is 5.75 Å². The maximum absolute atomic E-state index is 12.0. The largest absolute Gasteiger partial charge is 0.508 e. The van der Waals surface area contributed by atoms with Crippen molar-refractivity contribution in [2.24, 2.45) is 5.92 Å². The molecule has 1 unspecified atom stereocenters. The Balaban J connectivity index is 2.05. The van der Waals surface area contributed by atoms with Crippen molar-refractivity contribution in [3.63, 3.8) is 0 Å². The van der Waals surface area contributed by atoms with Crippen molar-refractivity contribution in [2.45, 2.75) is 12.8 Å². The molecular formula is C12H16ClNO4S. The second-order valence-corrected chi connectivity index (χ2v) is 6.80. The molecule has 1 heterocycles. The Kier molecular flexibility index (Phi) is 4.54. The number of halogens is 1. The lowest BCUT2D eigenvalue weighted by Gasteiger charge is -2.22. The zero-order valence-corrected chi connectivity index (χ0v) is 11.9. The van der Waals surface area contributed by atoms with E-state index in [1.807, 2.05) is 0 Å². The molecule has 1 saturated heterocycles. The Morgan fingerprint density at radius 2 is 2.26 bits per heavy atom. The Morgan fingerprint density at radius 3 is 2.95 bits per heavy atom. The second-order valence-electron chi connectivity index (χ2n) is 4.63. The van der Waals surface area contributed by atoms with Crippen LogP contribution in [0.2, 0.25) is 5.02 Å². The van der Waals surface area contributed by atoms with E-state index in [2.05, 4.69) is 4.72 Å². The number of hydrogen-bond acceptors (Lipinski definition) is 4. The molecule has 7 heteroatoms. The highest BCUT2D eigenvalue weighted by Gasteiger charge is 2.22. The van der Waals surface area contributed by atoms with Crippen molar-refractivity contribution < 1.29 is 18.3 Å². The summed E-state index contributed by atoms with van der Waals surface area (Å²) in [6, 6.07) is 4.13. The van der Waals surface area contributed by atoms with Crippen molar-refractivity contribution in [2.75, 3.05) is 23.7 Å². The number of phenolic OH excluding ortho intramolecular Hbond substituents is 1. The molecule has 5 nitrogen and oxygen atoms in total. The minimum Gasteiger partial charge on any atom is -0.508 e. The Hall–Kier alpha value is -0.980. The fraction of sp³-hybridized carbons (Fsp3) is 0.500. The number of rotatable bonds is 4. The lowest BCUT2D eigenvalue weighted by atomic mass is 10.1. The first kappa shape index (κ1) is 14.4. The molecule has 1 aliphatic rings. The minimum absolute atomic E-state index is 0.00101. The topological polar surface area (TPSA) is 75.6 Å². The third kappa shape index (κ3) is 4.26. The fourth-order valence-electron chi connectivity index (χ4n) is 2.05. The first-order chi connectivity index (χ1) is 8.96. The van der Waals surface area contributed by atoms with Crippen molar-refractivity contribution in [3.05, 3.63) is 23.2 Å². The van der Waals surface area contributed by atoms with Gasteiger partial charge in [0.2, 0.25) is 10.0 Å². The van der Waals surface area contributed by atoms with Crippen molar-refractivity contribution in [1.29, 1.82) is 0 Å². The van der Waals surface area contributed by atoms with E-state index >= 15 is 0 Å². The van der Waals surface area contributed by atoms with Crippen LogP contribution in [0, 0.1) is 5.92 Å². The number of sulfonamides is 1. The van der Waals surface area contributed by atoms with Gasteiger partial charge in [0.1, 0.15) is 5.75 Å². The van der Waals surface area contributed by atoms with Crippen LogP contribution in [-0.4, -0.2) is 32.5 Å². The summed E-state index contributed by atoms with van der Waals surface area (Å²) in [6.07, 6.45) is 1.72. The van der Waals surface area contributed by atoms with E-state index in [1.54, 1.807) is 0 Å². The van der Waals surface area contributed by atoms with E-state index in [1.165, 1.54) is 18.2 Å². The van der Waals surface area contributed by atoms with E-state index in [4.69, 9.17) is 16.3 Å². The van der Waals surface area contributed by atoms with Gasteiger partial charge in [-0.15, -0.1) is 0 Å². The fourth-order valence-corrected chi connectivity index (χ4v) is 3.74. The molecule has 1 aliphatic heterocycles. The predicted octanol–water partition coefficient (Wildman–Crippen LogP) is 2.21. The van der Waals surface area contributed by atoms with Crippen molar-refractivity contribution >= 4 is 27.3 Å². The number of anilines is 1. The molecule has 2 rings (SSSR count). The number of benzene rings is 1. The molecule has 19 heavy (non-hydrogen) atoms. The van der Waals surface area contributed by atoms with E-state index in [9.17, 15) is 13.5 Å². The summed E-state index contributed by atoms with van der Waals surface area (Å²) in [7, 11) is -3.50. The first-order valence-corrected chi connectivity index (χ1v) is 8.06. The van der Waals surface area contributed by atoms with Gasteiger partial charge in [-0.25, -0.2) is 8.42 Å². The third-order valence-corrected chi connectivity index (χ3v) is 4.70. The minimum atomic E-state index is -3.50. The molecule has 0 bridgehead atoms. The van der Waals surface area contributed by atoms with Gasteiger partial charge in [0.05, 0.1) is 23.1 Å². The summed E-state index contributed by atoms with van der Waals surface area (Å²) in [5.74, 6) is -0.0376. The van der Waals surface area contributed by atoms with Gasteiger partial charge in [-0.3, -0.25) is 4.72 Å². The smallest absolute Gasteiger partial charge is 0.233 e. The van der Waals surface area contributed by atoms with Crippen LogP contribution in [0.25, 0.3) is 0 Å². The molecule has 1 aromatic rings. The van der Waals surface area contributed by atoms with Gasteiger partial charge < -0.3 is 9.84 Å². The zero-order valence-electron chi connectivity index (χ0n) is 10.3. The molecule has 1 aromatic carbocycles. The highest BCUT2D eigenvalue weighted by atomic mass is 35.5. The van der Waals surface area contributed by atoms with Gasteiger partial charge in [0.25, 0.3) is 0 Å². The number of aromatic hydroxyl groups is 1. The monoisotopic (exact) mass is 305 g/mol. The number of hydrogen-bond donors (Lipinski definition) is 2. The van der Waals surface area contributed by atoms with E-state index in [0.717, 1.165) is 12.8 Å². The van der Waals surface area contributed by atoms with Crippen LogP contribution >= 0.6 is 11.6 Å². The van der Waals surface area contributed by atoms with Crippen LogP contribution < -0.4 is 4.72 Å². The molecule has 1 fully saturated rings. The SMILES string of the molecule is O=S(=O)(CC1CCCOC1)Nc1cc(O)ccc1Cl. The number of phenols is 1. The van der Waals surface area contributed by atoms with Gasteiger partial charge in [-0.1, -0.05) is 11.6 Å². The van der Waals surface area contributed by atoms with E-state index < -0.39 is 10.0 Å². The van der Waals surface area contributed by atoms with Crippen LogP contribution in [0.1, 0.15) is 12.8 Å². The molecular weight excluding hydrogens is 290 g/mol. The molecule has 106 valence electrons. The van der Waals surface area contributed by atoms with Gasteiger partial charge in [-0.05, 0) is 30.9 Å². The summed E-state index contributed by atoms with van der Waals surface area (Å²) < 4.78 is 31.7. The lowest BCUT2D eigenvalue weighted by Crippen LogP contribution is -2.28. The summed E-state index contributed by atoms with van der Waals surface area (Å²) in [5.41, 5.74) is 0.193. The zero-order chi connectivity index (χ0) is 13.9. The molecule has 1 atom stereocenters. The molecule has 0 spiro atoms. The Morgan fingerprint density at radius 1 is 1.47 bits per heavy atom. The molecule has 0 saturated carbocycles. The van der Waals surface area contributed by atoms with E-state index in [0.29, 0.717) is 13.2 Å². The van der Waals surface area contributed by atoms with Crippen LogP contribution in [0.15, 0.2) is 18.2 Å². The standard InChI is InChI=1S/C12H16ClNO4S/c13-11-4-3-10(15)6-12(11)14-19(16,17)8-9-2-1-5-18-7-9/h3-4,6,9,14-15H,1-2,5,7-8H2. The maximum Gasteiger partial charge on any atom is 0.233 e. The van der Waals surface area contributed by atoms with Gasteiger partial charge in [0, 0.05) is 12.7 Å². The second kappa shape index (κ2) is 5.98. The molecule has 0 amide bonds. The summed E-state index contributed by atoms with van der Waals surface area (Å²) in [5, 5.41) is 9.59. The third-order valence-electron chi connectivity index (χ3n) is 2.93. The van der Waals surface area contributed by atoms with Crippen LogP contribution in [-0.2, 0) is 14.8 Å². The highest BCUT2D eigenvalue weighted by Crippen LogP contribution is 2.27. The van der Waals surface area contributed by atoms with Gasteiger partial charge in [0.15, 0.2) is 0 Å². The van der Waals surface area contributed by atoms with Crippen LogP contribution in [0.4, 0.5) is 5.69 Å². The Labute approximate surface area is 117 Å². The molecule has 2 N–H and O–H groups in total. The molecule has 0 aromatic heterocycles. The number of ether oxygens (including phenoxy) is 1. The predicted molar refractivity (Wildman–Crippen MR) is 74.1 cm³/mol. The number of nitrogens with one attached hydrogen (secondary N) is 1. The maximum atomic E-state index is 12.0. The normalized spacial score (nSPS) is 20.2.